The van der Waals surface area contributed by atoms with Gasteiger partial charge in [0.15, 0.2) is 21.3 Å². The van der Waals surface area contributed by atoms with Crippen LogP contribution in [0.2, 0.25) is 0 Å². The summed E-state index contributed by atoms with van der Waals surface area (Å²) in [5.41, 5.74) is 1.79. The van der Waals surface area contributed by atoms with E-state index in [-0.39, 0.29) is 22.8 Å². The van der Waals surface area contributed by atoms with Gasteiger partial charge in [-0.2, -0.15) is 5.26 Å². The Bertz CT molecular complexity index is 1330. The predicted octanol–water partition coefficient (Wildman–Crippen LogP) is 3.78. The number of nitriles is 1. The molecule has 0 aliphatic heterocycles. The quantitative estimate of drug-likeness (QED) is 0.441. The van der Waals surface area contributed by atoms with Crippen LogP contribution in [0.5, 0.6) is 11.5 Å². The normalized spacial score (nSPS) is 11.7. The number of carbonyl (C=O) groups excluding carboxylic acids is 1. The maximum absolute atomic E-state index is 13.0. The number of rotatable bonds is 10. The average molecular weight is 494 g/mol. The van der Waals surface area contributed by atoms with Crippen LogP contribution >= 0.6 is 0 Å². The van der Waals surface area contributed by atoms with Gasteiger partial charge in [-0.15, -0.1) is 0 Å². The first kappa shape index (κ1) is 25.6. The van der Waals surface area contributed by atoms with Crippen molar-refractivity contribution < 1.29 is 22.7 Å². The van der Waals surface area contributed by atoms with Gasteiger partial charge in [-0.1, -0.05) is 24.3 Å². The van der Waals surface area contributed by atoms with Crippen molar-refractivity contribution in [3.8, 4) is 17.6 Å². The fourth-order valence-corrected chi connectivity index (χ4v) is 5.06. The van der Waals surface area contributed by atoms with Crippen LogP contribution in [0.25, 0.3) is 0 Å². The van der Waals surface area contributed by atoms with Crippen molar-refractivity contribution in [3.63, 3.8) is 0 Å². The van der Waals surface area contributed by atoms with E-state index in [4.69, 9.17) is 9.47 Å². The first-order chi connectivity index (χ1) is 16.8. The average Bonchev–Trinajstić information content (AvgIpc) is 2.87. The second-order valence-corrected chi connectivity index (χ2v) is 9.92. The van der Waals surface area contributed by atoms with E-state index in [1.54, 1.807) is 68.6 Å². The highest BCUT2D eigenvalue weighted by atomic mass is 32.2. The second kappa shape index (κ2) is 11.4. The molecule has 0 aliphatic carbocycles. The van der Waals surface area contributed by atoms with E-state index in [1.807, 2.05) is 12.1 Å². The summed E-state index contributed by atoms with van der Waals surface area (Å²) in [7, 11) is -0.446. The zero-order valence-corrected chi connectivity index (χ0v) is 20.6. The molecule has 0 radical (unpaired) electrons. The van der Waals surface area contributed by atoms with Crippen LogP contribution in [0.15, 0.2) is 71.6 Å². The van der Waals surface area contributed by atoms with Gasteiger partial charge in [-0.25, -0.2) is 8.42 Å². The molecule has 182 valence electrons. The number of ether oxygens (including phenoxy) is 2. The molecule has 0 fully saturated rings. The van der Waals surface area contributed by atoms with Crippen LogP contribution in [-0.2, 0) is 16.4 Å². The number of nitrogens with zero attached hydrogens (tertiary/aromatic N) is 1. The van der Waals surface area contributed by atoms with Gasteiger partial charge in [0.2, 0.25) is 0 Å². The summed E-state index contributed by atoms with van der Waals surface area (Å²) < 4.78 is 36.0. The van der Waals surface area contributed by atoms with E-state index >= 15 is 0 Å². The summed E-state index contributed by atoms with van der Waals surface area (Å²) in [6.07, 6.45) is 0. The highest BCUT2D eigenvalue weighted by Gasteiger charge is 2.20. The van der Waals surface area contributed by atoms with Gasteiger partial charge in [0.05, 0.1) is 42.1 Å². The summed E-state index contributed by atoms with van der Waals surface area (Å²) in [6.45, 7) is 1.94. The molecule has 3 aromatic carbocycles. The number of methoxy groups -OCH3 is 2. The molecule has 2 N–H and O–H groups in total. The molecule has 0 bridgehead atoms. The highest BCUT2D eigenvalue weighted by Crippen LogP contribution is 2.27. The van der Waals surface area contributed by atoms with E-state index in [2.05, 4.69) is 10.6 Å². The maximum Gasteiger partial charge on any atom is 0.253 e. The molecule has 3 aromatic rings. The molecule has 3 rings (SSSR count). The molecule has 0 saturated heterocycles. The van der Waals surface area contributed by atoms with E-state index in [0.29, 0.717) is 22.7 Å². The van der Waals surface area contributed by atoms with Crippen LogP contribution in [-0.4, -0.2) is 40.3 Å². The number of carbonyl (C=O) groups is 1. The summed E-state index contributed by atoms with van der Waals surface area (Å²) in [6, 6.07) is 19.7. The van der Waals surface area contributed by atoms with Crippen molar-refractivity contribution >= 4 is 21.4 Å². The molecule has 8 nitrogen and oxygen atoms in total. The monoisotopic (exact) mass is 493 g/mol. The first-order valence-electron chi connectivity index (χ1n) is 10.8. The lowest BCUT2D eigenvalue weighted by molar-refractivity contribution is 0.0951. The molecule has 0 aromatic heterocycles. The van der Waals surface area contributed by atoms with Gasteiger partial charge in [-0.05, 0) is 55.0 Å². The van der Waals surface area contributed by atoms with E-state index in [0.717, 1.165) is 5.56 Å². The number of sulfone groups is 1. The highest BCUT2D eigenvalue weighted by molar-refractivity contribution is 7.91. The third-order valence-electron chi connectivity index (χ3n) is 5.27. The Labute approximate surface area is 205 Å². The van der Waals surface area contributed by atoms with Crippen LogP contribution in [0, 0.1) is 11.3 Å². The van der Waals surface area contributed by atoms with Crippen molar-refractivity contribution in [2.45, 2.75) is 24.4 Å². The fraction of sp³-hybridized carbons (Fsp3) is 0.231. The van der Waals surface area contributed by atoms with Crippen LogP contribution in [0.3, 0.4) is 0 Å². The Hall–Kier alpha value is -4.03. The maximum atomic E-state index is 13.0. The Kier molecular flexibility index (Phi) is 8.34. The van der Waals surface area contributed by atoms with Gasteiger partial charge in [0.25, 0.3) is 5.91 Å². The number of hydrogen-bond donors (Lipinski definition) is 2. The number of anilines is 1. The van der Waals surface area contributed by atoms with E-state index < -0.39 is 21.8 Å². The standard InChI is InChI=1S/C26H27N3O5S/c1-18(17-35(31,32)21-7-5-4-6-8-21)29-23-11-9-19(15-27)13-22(23)26(30)28-16-20-10-12-24(33-2)25(14-20)34-3/h4-14,18,29H,16-17H2,1-3H3,(H,28,30)/t18-/m0/s1. The smallest absolute Gasteiger partial charge is 0.253 e. The molecular formula is C26H27N3O5S. The number of nitrogens with one attached hydrogen (secondary N) is 2. The van der Waals surface area contributed by atoms with Gasteiger partial charge < -0.3 is 20.1 Å². The minimum Gasteiger partial charge on any atom is -0.493 e. The molecule has 0 unspecified atom stereocenters. The summed E-state index contributed by atoms with van der Waals surface area (Å²) in [5, 5.41) is 15.3. The Morgan fingerprint density at radius 2 is 1.71 bits per heavy atom. The Morgan fingerprint density at radius 1 is 1.00 bits per heavy atom. The fourth-order valence-electron chi connectivity index (χ4n) is 3.56. The zero-order chi connectivity index (χ0) is 25.4. The minimum absolute atomic E-state index is 0.163. The van der Waals surface area contributed by atoms with Crippen molar-refractivity contribution in [2.24, 2.45) is 0 Å². The van der Waals surface area contributed by atoms with Crippen molar-refractivity contribution in [1.82, 2.24) is 5.32 Å². The molecule has 1 atom stereocenters. The minimum atomic E-state index is -3.52. The lowest BCUT2D eigenvalue weighted by atomic mass is 10.1. The number of amides is 1. The number of benzene rings is 3. The summed E-state index contributed by atoms with van der Waals surface area (Å²) in [5.74, 6) is 0.554. The first-order valence-corrected chi connectivity index (χ1v) is 12.5. The molecule has 9 heteroatoms. The molecular weight excluding hydrogens is 466 g/mol. The van der Waals surface area contributed by atoms with Gasteiger partial charge in [-0.3, -0.25) is 4.79 Å². The molecule has 0 heterocycles. The SMILES string of the molecule is COc1ccc(CNC(=O)c2cc(C#N)ccc2N[C@@H](C)CS(=O)(=O)c2ccccc2)cc1OC. The largest absolute Gasteiger partial charge is 0.493 e. The topological polar surface area (TPSA) is 118 Å². The van der Waals surface area contributed by atoms with E-state index in [9.17, 15) is 18.5 Å². The van der Waals surface area contributed by atoms with Gasteiger partial charge in [0.1, 0.15) is 0 Å². The molecule has 1 amide bonds. The third-order valence-corrected chi connectivity index (χ3v) is 7.20. The molecule has 0 saturated carbocycles. The summed E-state index contributed by atoms with van der Waals surface area (Å²) in [4.78, 5) is 13.3. The van der Waals surface area contributed by atoms with Crippen molar-refractivity contribution in [3.05, 3.63) is 83.4 Å². The van der Waals surface area contributed by atoms with Crippen LogP contribution in [0.1, 0.15) is 28.4 Å². The lowest BCUT2D eigenvalue weighted by Gasteiger charge is -2.18. The van der Waals surface area contributed by atoms with Gasteiger partial charge >= 0.3 is 0 Å². The van der Waals surface area contributed by atoms with Crippen LogP contribution in [0.4, 0.5) is 5.69 Å². The second-order valence-electron chi connectivity index (χ2n) is 7.88. The zero-order valence-electron chi connectivity index (χ0n) is 19.7. The predicted molar refractivity (Wildman–Crippen MR) is 133 cm³/mol. The Morgan fingerprint density at radius 3 is 2.37 bits per heavy atom. The molecule has 0 spiro atoms. The van der Waals surface area contributed by atoms with E-state index in [1.165, 1.54) is 13.2 Å². The third kappa shape index (κ3) is 6.52. The summed E-state index contributed by atoms with van der Waals surface area (Å²) >= 11 is 0. The Balaban J connectivity index is 1.76. The number of hydrogen-bond acceptors (Lipinski definition) is 7. The van der Waals surface area contributed by atoms with Crippen molar-refractivity contribution in [1.29, 1.82) is 5.26 Å². The van der Waals surface area contributed by atoms with Gasteiger partial charge in [0, 0.05) is 18.3 Å². The van der Waals surface area contributed by atoms with Crippen LogP contribution < -0.4 is 20.1 Å². The molecule has 0 aliphatic rings. The molecule has 35 heavy (non-hydrogen) atoms. The lowest BCUT2D eigenvalue weighted by Crippen LogP contribution is -2.29. The van der Waals surface area contributed by atoms with Crippen molar-refractivity contribution in [2.75, 3.05) is 25.3 Å².